The van der Waals surface area contributed by atoms with Crippen LogP contribution in [0.15, 0.2) is 79.6 Å². The SMILES string of the molecule is C=CC(=O)N1C[C@H]2[C@@H]([C@H]1c1nc(-c3ccc(C(C)(O)c4ccccc4)cc3)c3c(N)nccn13)C2(C)C. The van der Waals surface area contributed by atoms with Crippen LogP contribution in [-0.2, 0) is 10.4 Å². The van der Waals surface area contributed by atoms with Crippen LogP contribution in [0.25, 0.3) is 16.8 Å². The lowest BCUT2D eigenvalue weighted by Gasteiger charge is -2.29. The summed E-state index contributed by atoms with van der Waals surface area (Å²) in [5.41, 5.74) is 9.28. The van der Waals surface area contributed by atoms with E-state index in [0.29, 0.717) is 35.4 Å². The van der Waals surface area contributed by atoms with Crippen LogP contribution in [0.3, 0.4) is 0 Å². The molecule has 1 aliphatic carbocycles. The van der Waals surface area contributed by atoms with Gasteiger partial charge in [0.25, 0.3) is 0 Å². The number of aromatic nitrogens is 3. The van der Waals surface area contributed by atoms with Crippen molar-refractivity contribution >= 4 is 17.2 Å². The molecule has 4 aromatic rings. The van der Waals surface area contributed by atoms with Crippen molar-refractivity contribution in [1.29, 1.82) is 0 Å². The Hall–Kier alpha value is -3.97. The molecule has 3 heterocycles. The van der Waals surface area contributed by atoms with Gasteiger partial charge in [-0.1, -0.05) is 75.0 Å². The number of nitrogens with two attached hydrogens (primary N) is 1. The monoisotopic (exact) mass is 493 g/mol. The Bertz CT molecular complexity index is 1520. The number of likely N-dealkylation sites (tertiary alicyclic amines) is 1. The topological polar surface area (TPSA) is 96.8 Å². The number of fused-ring (bicyclic) bond motifs is 2. The van der Waals surface area contributed by atoms with Gasteiger partial charge in [0.2, 0.25) is 5.91 Å². The Morgan fingerprint density at radius 1 is 1.16 bits per heavy atom. The minimum atomic E-state index is -1.14. The van der Waals surface area contributed by atoms with Crippen molar-refractivity contribution in [3.63, 3.8) is 0 Å². The zero-order valence-electron chi connectivity index (χ0n) is 21.3. The first kappa shape index (κ1) is 23.4. The molecule has 7 heteroatoms. The summed E-state index contributed by atoms with van der Waals surface area (Å²) in [5.74, 6) is 1.82. The predicted octanol–water partition coefficient (Wildman–Crippen LogP) is 4.58. The van der Waals surface area contributed by atoms with E-state index < -0.39 is 5.60 Å². The summed E-state index contributed by atoms with van der Waals surface area (Å²) in [6.45, 7) is 10.7. The number of piperidine rings is 1. The molecule has 0 bridgehead atoms. The number of anilines is 1. The number of benzene rings is 2. The molecule has 0 spiro atoms. The fourth-order valence-corrected chi connectivity index (χ4v) is 6.30. The highest BCUT2D eigenvalue weighted by molar-refractivity contribution is 5.89. The number of rotatable bonds is 5. The van der Waals surface area contributed by atoms with Gasteiger partial charge in [0, 0.05) is 24.5 Å². The van der Waals surface area contributed by atoms with E-state index in [4.69, 9.17) is 10.7 Å². The van der Waals surface area contributed by atoms with Crippen molar-refractivity contribution in [3.8, 4) is 11.3 Å². The lowest BCUT2D eigenvalue weighted by atomic mass is 9.87. The lowest BCUT2D eigenvalue weighted by Crippen LogP contribution is -2.35. The van der Waals surface area contributed by atoms with E-state index in [2.05, 4.69) is 25.4 Å². The quantitative estimate of drug-likeness (QED) is 0.397. The molecule has 2 aromatic heterocycles. The van der Waals surface area contributed by atoms with E-state index in [1.165, 1.54) is 6.08 Å². The Labute approximate surface area is 216 Å². The molecule has 188 valence electrons. The van der Waals surface area contributed by atoms with Gasteiger partial charge in [-0.2, -0.15) is 0 Å². The summed E-state index contributed by atoms with van der Waals surface area (Å²) >= 11 is 0. The van der Waals surface area contributed by atoms with Crippen LogP contribution in [0.2, 0.25) is 0 Å². The predicted molar refractivity (Wildman–Crippen MR) is 143 cm³/mol. The number of hydrogen-bond acceptors (Lipinski definition) is 5. The van der Waals surface area contributed by atoms with Crippen molar-refractivity contribution in [2.45, 2.75) is 32.4 Å². The van der Waals surface area contributed by atoms with Crippen molar-refractivity contribution in [3.05, 3.63) is 96.6 Å². The Kier molecular flexibility index (Phi) is 5.08. The molecule has 1 saturated carbocycles. The van der Waals surface area contributed by atoms with Gasteiger partial charge in [-0.15, -0.1) is 0 Å². The molecule has 7 nitrogen and oxygen atoms in total. The summed E-state index contributed by atoms with van der Waals surface area (Å²) < 4.78 is 1.98. The highest BCUT2D eigenvalue weighted by Crippen LogP contribution is 2.69. The first-order valence-corrected chi connectivity index (χ1v) is 12.6. The van der Waals surface area contributed by atoms with Crippen LogP contribution < -0.4 is 5.73 Å². The van der Waals surface area contributed by atoms with E-state index in [0.717, 1.165) is 22.5 Å². The molecule has 2 fully saturated rings. The van der Waals surface area contributed by atoms with Crippen LogP contribution in [0.4, 0.5) is 5.82 Å². The van der Waals surface area contributed by atoms with Gasteiger partial charge in [-0.25, -0.2) is 9.97 Å². The average molecular weight is 494 g/mol. The average Bonchev–Trinajstić information content (AvgIpc) is 3.24. The summed E-state index contributed by atoms with van der Waals surface area (Å²) in [6.07, 6.45) is 4.92. The van der Waals surface area contributed by atoms with Gasteiger partial charge in [0.05, 0.1) is 6.04 Å². The maximum absolute atomic E-state index is 12.8. The maximum Gasteiger partial charge on any atom is 0.246 e. The number of nitrogen functional groups attached to an aromatic ring is 1. The molecular formula is C30H31N5O2. The normalized spacial score (nSPS) is 23.5. The minimum Gasteiger partial charge on any atom is -0.382 e. The van der Waals surface area contributed by atoms with Gasteiger partial charge in [0.1, 0.15) is 28.5 Å². The first-order chi connectivity index (χ1) is 17.7. The summed E-state index contributed by atoms with van der Waals surface area (Å²) in [4.78, 5) is 24.2. The van der Waals surface area contributed by atoms with Gasteiger partial charge >= 0.3 is 0 Å². The van der Waals surface area contributed by atoms with Gasteiger partial charge < -0.3 is 15.7 Å². The second-order valence-electron chi connectivity index (χ2n) is 11.0. The van der Waals surface area contributed by atoms with Crippen LogP contribution in [-0.4, -0.2) is 36.8 Å². The lowest BCUT2D eigenvalue weighted by molar-refractivity contribution is -0.128. The number of hydrogen-bond donors (Lipinski definition) is 2. The molecular weight excluding hydrogens is 462 g/mol. The molecule has 37 heavy (non-hydrogen) atoms. The van der Waals surface area contributed by atoms with E-state index >= 15 is 0 Å². The molecule has 2 aliphatic rings. The Balaban J connectivity index is 1.46. The second kappa shape index (κ2) is 8.02. The number of nitrogens with zero attached hydrogens (tertiary/aromatic N) is 4. The van der Waals surface area contributed by atoms with E-state index in [1.807, 2.05) is 70.1 Å². The molecule has 0 radical (unpaired) electrons. The highest BCUT2D eigenvalue weighted by atomic mass is 16.3. The largest absolute Gasteiger partial charge is 0.382 e. The number of aliphatic hydroxyl groups is 1. The van der Waals surface area contributed by atoms with Crippen molar-refractivity contribution in [2.75, 3.05) is 12.3 Å². The van der Waals surface area contributed by atoms with Crippen LogP contribution >= 0.6 is 0 Å². The molecule has 6 rings (SSSR count). The highest BCUT2D eigenvalue weighted by Gasteiger charge is 2.68. The number of carbonyl (C=O) groups is 1. The minimum absolute atomic E-state index is 0.0826. The van der Waals surface area contributed by atoms with Crippen molar-refractivity contribution < 1.29 is 9.90 Å². The fourth-order valence-electron chi connectivity index (χ4n) is 6.30. The smallest absolute Gasteiger partial charge is 0.246 e. The number of amides is 1. The molecule has 4 atom stereocenters. The van der Waals surface area contributed by atoms with Crippen LogP contribution in [0.1, 0.15) is 43.8 Å². The first-order valence-electron chi connectivity index (χ1n) is 12.6. The van der Waals surface area contributed by atoms with Gasteiger partial charge in [0.15, 0.2) is 0 Å². The molecule has 1 saturated heterocycles. The third-order valence-electron chi connectivity index (χ3n) is 8.60. The summed E-state index contributed by atoms with van der Waals surface area (Å²) in [5, 5.41) is 11.3. The maximum atomic E-state index is 12.8. The molecule has 1 aliphatic heterocycles. The molecule has 1 unspecified atom stereocenters. The van der Waals surface area contributed by atoms with Gasteiger partial charge in [-0.05, 0) is 41.4 Å². The third-order valence-corrected chi connectivity index (χ3v) is 8.60. The van der Waals surface area contributed by atoms with Gasteiger partial charge in [-0.3, -0.25) is 9.20 Å². The Morgan fingerprint density at radius 3 is 2.51 bits per heavy atom. The van der Waals surface area contributed by atoms with Crippen molar-refractivity contribution in [2.24, 2.45) is 17.3 Å². The molecule has 2 aromatic carbocycles. The third kappa shape index (κ3) is 3.41. The van der Waals surface area contributed by atoms with Crippen LogP contribution in [0, 0.1) is 17.3 Å². The van der Waals surface area contributed by atoms with E-state index in [1.54, 1.807) is 13.1 Å². The zero-order valence-corrected chi connectivity index (χ0v) is 21.3. The van der Waals surface area contributed by atoms with Crippen molar-refractivity contribution in [1.82, 2.24) is 19.3 Å². The molecule has 3 N–H and O–H groups in total. The van der Waals surface area contributed by atoms with E-state index in [-0.39, 0.29) is 17.4 Å². The fraction of sp³-hybridized carbons (Fsp3) is 0.300. The van der Waals surface area contributed by atoms with Crippen LogP contribution in [0.5, 0.6) is 0 Å². The summed E-state index contributed by atoms with van der Waals surface area (Å²) in [7, 11) is 0. The zero-order chi connectivity index (χ0) is 26.1. The summed E-state index contributed by atoms with van der Waals surface area (Å²) in [6, 6.07) is 17.2. The molecule has 1 amide bonds. The van der Waals surface area contributed by atoms with E-state index in [9.17, 15) is 9.90 Å². The Morgan fingerprint density at radius 2 is 1.84 bits per heavy atom. The second-order valence-corrected chi connectivity index (χ2v) is 11.0. The standard InChI is InChI=1S/C30H31N5O2/c1-5-22(36)35-17-21-23(29(21,2)3)25(35)28-33-24(26-27(31)32-15-16-34(26)28)18-11-13-20(14-12-18)30(4,37)19-9-7-6-8-10-19/h5-16,21,23,25,37H,1,17H2,2-4H3,(H2,31,32)/t21-,23-,25-,30?/m0/s1. The number of imidazole rings is 1. The number of carbonyl (C=O) groups excluding carboxylic acids is 1.